The molecular formula is C5H14Cl2O2. The van der Waals surface area contributed by atoms with E-state index in [1.54, 1.807) is 13.8 Å². The van der Waals surface area contributed by atoms with Crippen molar-refractivity contribution in [3.8, 4) is 0 Å². The lowest BCUT2D eigenvalue weighted by Crippen LogP contribution is -2.20. The summed E-state index contributed by atoms with van der Waals surface area (Å²) in [6.07, 6.45) is 0. The third kappa shape index (κ3) is 8.50. The topological polar surface area (TPSA) is 40.5 Å². The van der Waals surface area contributed by atoms with Gasteiger partial charge in [0.15, 0.2) is 0 Å². The smallest absolute Gasteiger partial charge is 0.0504 e. The lowest BCUT2D eigenvalue weighted by Gasteiger charge is -2.16. The van der Waals surface area contributed by atoms with Crippen LogP contribution >= 0.6 is 24.8 Å². The highest BCUT2D eigenvalue weighted by atomic mass is 35.5. The first-order chi connectivity index (χ1) is 3.12. The van der Waals surface area contributed by atoms with Gasteiger partial charge in [-0.15, -0.1) is 24.8 Å². The third-order valence-electron chi connectivity index (χ3n) is 0.856. The van der Waals surface area contributed by atoms with E-state index in [4.69, 9.17) is 10.2 Å². The van der Waals surface area contributed by atoms with Crippen LogP contribution in [0.3, 0.4) is 0 Å². The quantitative estimate of drug-likeness (QED) is 0.656. The highest BCUT2D eigenvalue weighted by Gasteiger charge is 2.13. The van der Waals surface area contributed by atoms with Gasteiger partial charge in [0.2, 0.25) is 0 Å². The minimum absolute atomic E-state index is 0. The summed E-state index contributed by atoms with van der Waals surface area (Å²) in [5.74, 6) is 0. The lowest BCUT2D eigenvalue weighted by atomic mass is 9.97. The van der Waals surface area contributed by atoms with Crippen LogP contribution in [0.25, 0.3) is 0 Å². The Labute approximate surface area is 68.1 Å². The molecule has 0 aromatic rings. The van der Waals surface area contributed by atoms with Crippen LogP contribution in [-0.4, -0.2) is 23.4 Å². The molecule has 0 bridgehead atoms. The van der Waals surface area contributed by atoms with E-state index >= 15 is 0 Å². The molecule has 9 heavy (non-hydrogen) atoms. The van der Waals surface area contributed by atoms with Crippen molar-refractivity contribution in [3.63, 3.8) is 0 Å². The highest BCUT2D eigenvalue weighted by Crippen LogP contribution is 2.10. The van der Waals surface area contributed by atoms with Crippen LogP contribution in [-0.2, 0) is 0 Å². The monoisotopic (exact) mass is 176 g/mol. The summed E-state index contributed by atoms with van der Waals surface area (Å²) < 4.78 is 0. The summed E-state index contributed by atoms with van der Waals surface area (Å²) in [6, 6.07) is 0. The van der Waals surface area contributed by atoms with E-state index in [1.807, 2.05) is 0 Å². The van der Waals surface area contributed by atoms with Crippen molar-refractivity contribution in [2.24, 2.45) is 5.41 Å². The maximum atomic E-state index is 8.43. The minimum Gasteiger partial charge on any atom is -0.396 e. The third-order valence-corrected chi connectivity index (χ3v) is 0.856. The van der Waals surface area contributed by atoms with Gasteiger partial charge in [0.25, 0.3) is 0 Å². The lowest BCUT2D eigenvalue weighted by molar-refractivity contribution is 0.0857. The zero-order valence-corrected chi connectivity index (χ0v) is 7.26. The summed E-state index contributed by atoms with van der Waals surface area (Å²) >= 11 is 0. The predicted molar refractivity (Wildman–Crippen MR) is 42.4 cm³/mol. The maximum absolute atomic E-state index is 8.43. The van der Waals surface area contributed by atoms with Gasteiger partial charge in [-0.05, 0) is 0 Å². The fraction of sp³-hybridized carbons (Fsp3) is 1.00. The van der Waals surface area contributed by atoms with Gasteiger partial charge in [0, 0.05) is 5.41 Å². The molecule has 0 spiro atoms. The molecule has 60 valence electrons. The molecule has 0 rings (SSSR count). The normalized spacial score (nSPS) is 9.33. The molecule has 0 unspecified atom stereocenters. The van der Waals surface area contributed by atoms with Crippen molar-refractivity contribution in [2.75, 3.05) is 13.2 Å². The first-order valence-electron chi connectivity index (χ1n) is 2.34. The molecule has 0 saturated heterocycles. The first kappa shape index (κ1) is 16.2. The largest absolute Gasteiger partial charge is 0.396 e. The fourth-order valence-corrected chi connectivity index (χ4v) is 0.0500. The van der Waals surface area contributed by atoms with Gasteiger partial charge in [-0.3, -0.25) is 0 Å². The molecule has 2 N–H and O–H groups in total. The number of hydrogen-bond donors (Lipinski definition) is 2. The summed E-state index contributed by atoms with van der Waals surface area (Å²) in [4.78, 5) is 0. The number of rotatable bonds is 2. The summed E-state index contributed by atoms with van der Waals surface area (Å²) in [5, 5.41) is 16.9. The van der Waals surface area contributed by atoms with Crippen LogP contribution in [0.5, 0.6) is 0 Å². The van der Waals surface area contributed by atoms with Crippen molar-refractivity contribution in [2.45, 2.75) is 13.8 Å². The summed E-state index contributed by atoms with van der Waals surface area (Å²) in [7, 11) is 0. The summed E-state index contributed by atoms with van der Waals surface area (Å²) in [6.45, 7) is 3.69. The van der Waals surface area contributed by atoms with Gasteiger partial charge >= 0.3 is 0 Å². The Morgan fingerprint density at radius 1 is 1.00 bits per heavy atom. The zero-order valence-electron chi connectivity index (χ0n) is 5.63. The molecule has 0 amide bonds. The van der Waals surface area contributed by atoms with Crippen LogP contribution in [0, 0.1) is 5.41 Å². The molecule has 0 aliphatic heterocycles. The second kappa shape index (κ2) is 6.62. The molecule has 0 fully saturated rings. The van der Waals surface area contributed by atoms with E-state index in [2.05, 4.69) is 0 Å². The van der Waals surface area contributed by atoms with E-state index in [-0.39, 0.29) is 43.4 Å². The van der Waals surface area contributed by atoms with Crippen molar-refractivity contribution in [3.05, 3.63) is 0 Å². The van der Waals surface area contributed by atoms with Crippen LogP contribution in [0.4, 0.5) is 0 Å². The van der Waals surface area contributed by atoms with Crippen LogP contribution in [0.2, 0.25) is 0 Å². The van der Waals surface area contributed by atoms with Crippen LogP contribution < -0.4 is 0 Å². The molecule has 0 aromatic heterocycles. The molecule has 0 radical (unpaired) electrons. The molecule has 0 aliphatic rings. The van der Waals surface area contributed by atoms with Gasteiger partial charge in [-0.1, -0.05) is 13.8 Å². The van der Waals surface area contributed by atoms with Crippen LogP contribution in [0.15, 0.2) is 0 Å². The van der Waals surface area contributed by atoms with E-state index in [0.29, 0.717) is 0 Å². The molecule has 2 nitrogen and oxygen atoms in total. The second-order valence-electron chi connectivity index (χ2n) is 2.48. The SMILES string of the molecule is CC(C)(CO)CO.Cl.Cl. The van der Waals surface area contributed by atoms with Gasteiger partial charge < -0.3 is 10.2 Å². The van der Waals surface area contributed by atoms with E-state index in [9.17, 15) is 0 Å². The van der Waals surface area contributed by atoms with E-state index in [0.717, 1.165) is 0 Å². The summed E-state index contributed by atoms with van der Waals surface area (Å²) in [5.41, 5.74) is -0.306. The number of halogens is 2. The molecule has 0 heterocycles. The van der Waals surface area contributed by atoms with Gasteiger partial charge in [-0.25, -0.2) is 0 Å². The average molecular weight is 177 g/mol. The molecule has 0 saturated carbocycles. The second-order valence-corrected chi connectivity index (χ2v) is 2.48. The Kier molecular flexibility index (Phi) is 11.9. The maximum Gasteiger partial charge on any atom is 0.0504 e. The van der Waals surface area contributed by atoms with Gasteiger partial charge in [-0.2, -0.15) is 0 Å². The first-order valence-corrected chi connectivity index (χ1v) is 2.34. The predicted octanol–water partition coefficient (Wildman–Crippen LogP) is 0.841. The average Bonchev–Trinajstić information content (AvgIpc) is 1.68. The van der Waals surface area contributed by atoms with Gasteiger partial charge in [0.1, 0.15) is 0 Å². The Morgan fingerprint density at radius 2 is 1.22 bits per heavy atom. The molecule has 4 heteroatoms. The standard InChI is InChI=1S/C5H12O2.2ClH/c1-5(2,3-6)4-7;;/h6-7H,3-4H2,1-2H3;2*1H. The van der Waals surface area contributed by atoms with E-state index in [1.165, 1.54) is 0 Å². The Balaban J connectivity index is -0.000000180. The van der Waals surface area contributed by atoms with Crippen molar-refractivity contribution >= 4 is 24.8 Å². The Morgan fingerprint density at radius 3 is 1.22 bits per heavy atom. The number of hydrogen-bond acceptors (Lipinski definition) is 2. The number of aliphatic hydroxyl groups is 2. The minimum atomic E-state index is -0.306. The molecule has 0 atom stereocenters. The van der Waals surface area contributed by atoms with Crippen molar-refractivity contribution < 1.29 is 10.2 Å². The van der Waals surface area contributed by atoms with E-state index < -0.39 is 0 Å². The Hall–Kier alpha value is 0.500. The fourth-order valence-electron chi connectivity index (χ4n) is 0.0500. The van der Waals surface area contributed by atoms with Crippen molar-refractivity contribution in [1.82, 2.24) is 0 Å². The van der Waals surface area contributed by atoms with Gasteiger partial charge in [0.05, 0.1) is 13.2 Å². The zero-order chi connectivity index (χ0) is 5.91. The number of aliphatic hydroxyl groups excluding tert-OH is 2. The Bertz CT molecular complexity index is 50.9. The van der Waals surface area contributed by atoms with Crippen LogP contribution in [0.1, 0.15) is 13.8 Å². The molecule has 0 aliphatic carbocycles. The highest BCUT2D eigenvalue weighted by molar-refractivity contribution is 5.85. The molecule has 0 aromatic carbocycles. The molecular weight excluding hydrogens is 163 g/mol. The van der Waals surface area contributed by atoms with Crippen molar-refractivity contribution in [1.29, 1.82) is 0 Å².